The van der Waals surface area contributed by atoms with Gasteiger partial charge in [0.2, 0.25) is 0 Å². The van der Waals surface area contributed by atoms with Gasteiger partial charge in [-0.2, -0.15) is 5.10 Å². The Kier molecular flexibility index (Phi) is 4.79. The SMILES string of the molecule is CN(CCCC1CCCO1)c1nc(-c2cccnc2)nc2c1cnn2C. The Balaban J connectivity index is 1.60. The van der Waals surface area contributed by atoms with Crippen molar-refractivity contribution in [1.29, 1.82) is 0 Å². The highest BCUT2D eigenvalue weighted by molar-refractivity contribution is 5.88. The lowest BCUT2D eigenvalue weighted by Gasteiger charge is -2.20. The van der Waals surface area contributed by atoms with Crippen LogP contribution in [0, 0.1) is 0 Å². The first-order valence-electron chi connectivity index (χ1n) is 9.15. The Hall–Kier alpha value is -2.54. The number of ether oxygens (including phenoxy) is 1. The van der Waals surface area contributed by atoms with Crippen molar-refractivity contribution in [2.75, 3.05) is 25.1 Å². The number of pyridine rings is 1. The van der Waals surface area contributed by atoms with Crippen molar-refractivity contribution in [2.45, 2.75) is 31.8 Å². The molecular formula is C19H24N6O. The second-order valence-electron chi connectivity index (χ2n) is 6.82. The Morgan fingerprint density at radius 3 is 3.00 bits per heavy atom. The first-order valence-corrected chi connectivity index (χ1v) is 9.15. The van der Waals surface area contributed by atoms with Gasteiger partial charge in [0.15, 0.2) is 11.5 Å². The summed E-state index contributed by atoms with van der Waals surface area (Å²) in [4.78, 5) is 15.9. The van der Waals surface area contributed by atoms with Crippen LogP contribution in [0.2, 0.25) is 0 Å². The molecule has 0 N–H and O–H groups in total. The lowest BCUT2D eigenvalue weighted by atomic mass is 10.1. The normalized spacial score (nSPS) is 17.1. The zero-order valence-electron chi connectivity index (χ0n) is 15.3. The lowest BCUT2D eigenvalue weighted by molar-refractivity contribution is 0.103. The fourth-order valence-corrected chi connectivity index (χ4v) is 3.46. The van der Waals surface area contributed by atoms with Gasteiger partial charge in [0.05, 0.1) is 17.7 Å². The van der Waals surface area contributed by atoms with E-state index < -0.39 is 0 Å². The Bertz CT molecular complexity index is 872. The van der Waals surface area contributed by atoms with Crippen LogP contribution in [0.25, 0.3) is 22.4 Å². The summed E-state index contributed by atoms with van der Waals surface area (Å²) in [7, 11) is 3.99. The number of anilines is 1. The maximum atomic E-state index is 5.73. The molecule has 1 fully saturated rings. The standard InChI is InChI=1S/C19H24N6O/c1-24(10-4-7-15-8-5-11-26-15)18-16-13-21-25(2)19(16)23-17(22-18)14-6-3-9-20-12-14/h3,6,9,12-13,15H,4-5,7-8,10-11H2,1-2H3. The molecule has 1 saturated heterocycles. The molecule has 1 aliphatic rings. The Morgan fingerprint density at radius 1 is 1.31 bits per heavy atom. The predicted octanol–water partition coefficient (Wildman–Crippen LogP) is 2.82. The molecule has 0 aromatic carbocycles. The van der Waals surface area contributed by atoms with Gasteiger partial charge in [0.1, 0.15) is 5.82 Å². The molecule has 0 aliphatic carbocycles. The average molecular weight is 352 g/mol. The number of fused-ring (bicyclic) bond motifs is 1. The number of hydrogen-bond donors (Lipinski definition) is 0. The minimum Gasteiger partial charge on any atom is -0.378 e. The molecule has 0 bridgehead atoms. The number of aromatic nitrogens is 5. The first kappa shape index (κ1) is 16.9. The van der Waals surface area contributed by atoms with Crippen molar-refractivity contribution in [2.24, 2.45) is 7.05 Å². The minimum atomic E-state index is 0.429. The van der Waals surface area contributed by atoms with E-state index in [0.29, 0.717) is 11.9 Å². The van der Waals surface area contributed by atoms with Crippen LogP contribution in [-0.4, -0.2) is 51.0 Å². The van der Waals surface area contributed by atoms with Crippen molar-refractivity contribution in [3.63, 3.8) is 0 Å². The molecule has 3 aromatic rings. The molecular weight excluding hydrogens is 328 g/mol. The second-order valence-corrected chi connectivity index (χ2v) is 6.82. The summed E-state index contributed by atoms with van der Waals surface area (Å²) in [6.45, 7) is 1.84. The van der Waals surface area contributed by atoms with Crippen LogP contribution in [0.1, 0.15) is 25.7 Å². The molecule has 7 nitrogen and oxygen atoms in total. The number of aryl methyl sites for hydroxylation is 1. The summed E-state index contributed by atoms with van der Waals surface area (Å²) in [5.41, 5.74) is 1.74. The van der Waals surface area contributed by atoms with E-state index in [1.54, 1.807) is 17.1 Å². The summed E-state index contributed by atoms with van der Waals surface area (Å²) in [5, 5.41) is 5.34. The topological polar surface area (TPSA) is 69.0 Å². The van der Waals surface area contributed by atoms with Crippen molar-refractivity contribution >= 4 is 16.9 Å². The highest BCUT2D eigenvalue weighted by Crippen LogP contribution is 2.27. The number of nitrogens with zero attached hydrogens (tertiary/aromatic N) is 6. The summed E-state index contributed by atoms with van der Waals surface area (Å²) >= 11 is 0. The molecule has 0 spiro atoms. The van der Waals surface area contributed by atoms with Crippen molar-refractivity contribution in [1.82, 2.24) is 24.7 Å². The van der Waals surface area contributed by atoms with Gasteiger partial charge in [-0.15, -0.1) is 0 Å². The summed E-state index contributed by atoms with van der Waals surface area (Å²) < 4.78 is 7.52. The van der Waals surface area contributed by atoms with E-state index in [1.165, 1.54) is 12.8 Å². The lowest BCUT2D eigenvalue weighted by Crippen LogP contribution is -2.22. The molecule has 136 valence electrons. The summed E-state index contributed by atoms with van der Waals surface area (Å²) in [5.74, 6) is 1.59. The van der Waals surface area contributed by atoms with Crippen LogP contribution < -0.4 is 4.90 Å². The van der Waals surface area contributed by atoms with E-state index in [1.807, 2.05) is 25.4 Å². The maximum absolute atomic E-state index is 5.73. The summed E-state index contributed by atoms with van der Waals surface area (Å²) in [6, 6.07) is 3.88. The zero-order chi connectivity index (χ0) is 17.9. The van der Waals surface area contributed by atoms with Crippen LogP contribution in [0.3, 0.4) is 0 Å². The smallest absolute Gasteiger partial charge is 0.165 e. The monoisotopic (exact) mass is 352 g/mol. The third-order valence-electron chi connectivity index (χ3n) is 4.90. The molecule has 0 saturated carbocycles. The second kappa shape index (κ2) is 7.37. The summed E-state index contributed by atoms with van der Waals surface area (Å²) in [6.07, 6.45) is 10.4. The van der Waals surface area contributed by atoms with Gasteiger partial charge in [-0.25, -0.2) is 9.97 Å². The van der Waals surface area contributed by atoms with Crippen LogP contribution >= 0.6 is 0 Å². The molecule has 26 heavy (non-hydrogen) atoms. The van der Waals surface area contributed by atoms with Crippen molar-refractivity contribution in [3.05, 3.63) is 30.7 Å². The third kappa shape index (κ3) is 3.39. The molecule has 1 aliphatic heterocycles. The number of rotatable bonds is 6. The van der Waals surface area contributed by atoms with Gasteiger partial charge in [0, 0.05) is 45.2 Å². The van der Waals surface area contributed by atoms with Crippen LogP contribution in [0.15, 0.2) is 30.7 Å². The Morgan fingerprint density at radius 2 is 2.23 bits per heavy atom. The molecule has 4 heterocycles. The van der Waals surface area contributed by atoms with Crippen molar-refractivity contribution < 1.29 is 4.74 Å². The van der Waals surface area contributed by atoms with E-state index in [2.05, 4.69) is 22.0 Å². The van der Waals surface area contributed by atoms with E-state index in [-0.39, 0.29) is 0 Å². The molecule has 4 rings (SSSR count). The van der Waals surface area contributed by atoms with Gasteiger partial charge in [0.25, 0.3) is 0 Å². The molecule has 1 unspecified atom stereocenters. The quantitative estimate of drug-likeness (QED) is 0.679. The van der Waals surface area contributed by atoms with Gasteiger partial charge < -0.3 is 9.64 Å². The Labute approximate surface area is 153 Å². The predicted molar refractivity (Wildman–Crippen MR) is 101 cm³/mol. The zero-order valence-corrected chi connectivity index (χ0v) is 15.3. The highest BCUT2D eigenvalue weighted by Gasteiger charge is 2.18. The van der Waals surface area contributed by atoms with E-state index in [0.717, 1.165) is 48.4 Å². The van der Waals surface area contributed by atoms with E-state index >= 15 is 0 Å². The van der Waals surface area contributed by atoms with E-state index in [4.69, 9.17) is 14.7 Å². The highest BCUT2D eigenvalue weighted by atomic mass is 16.5. The maximum Gasteiger partial charge on any atom is 0.165 e. The van der Waals surface area contributed by atoms with Gasteiger partial charge in [-0.1, -0.05) is 0 Å². The van der Waals surface area contributed by atoms with Gasteiger partial charge in [-0.3, -0.25) is 9.67 Å². The average Bonchev–Trinajstić information content (AvgIpc) is 3.32. The first-order chi connectivity index (χ1) is 12.7. The molecule has 0 radical (unpaired) electrons. The third-order valence-corrected chi connectivity index (χ3v) is 4.90. The molecule has 3 aromatic heterocycles. The van der Waals surface area contributed by atoms with E-state index in [9.17, 15) is 0 Å². The van der Waals surface area contributed by atoms with Crippen LogP contribution in [-0.2, 0) is 11.8 Å². The van der Waals surface area contributed by atoms with Gasteiger partial charge in [-0.05, 0) is 37.8 Å². The molecule has 0 amide bonds. The fourth-order valence-electron chi connectivity index (χ4n) is 3.46. The molecule has 7 heteroatoms. The fraction of sp³-hybridized carbons (Fsp3) is 0.474. The van der Waals surface area contributed by atoms with Crippen LogP contribution in [0.4, 0.5) is 5.82 Å². The minimum absolute atomic E-state index is 0.429. The van der Waals surface area contributed by atoms with Crippen LogP contribution in [0.5, 0.6) is 0 Å². The van der Waals surface area contributed by atoms with Gasteiger partial charge >= 0.3 is 0 Å². The molecule has 1 atom stereocenters. The van der Waals surface area contributed by atoms with Crippen molar-refractivity contribution in [3.8, 4) is 11.4 Å². The number of hydrogen-bond acceptors (Lipinski definition) is 6. The largest absolute Gasteiger partial charge is 0.378 e.